The molecule has 0 saturated heterocycles. The van der Waals surface area contributed by atoms with Crippen LogP contribution >= 0.6 is 0 Å². The molecule has 0 fully saturated rings. The molecule has 0 saturated carbocycles. The van der Waals surface area contributed by atoms with E-state index < -0.39 is 0 Å². The fourth-order valence-electron chi connectivity index (χ4n) is 1.12. The third-order valence-electron chi connectivity index (χ3n) is 1.66. The van der Waals surface area contributed by atoms with Crippen molar-refractivity contribution in [1.82, 2.24) is 0 Å². The van der Waals surface area contributed by atoms with E-state index in [4.69, 9.17) is 5.26 Å². The van der Waals surface area contributed by atoms with Crippen molar-refractivity contribution in [2.24, 2.45) is 0 Å². The van der Waals surface area contributed by atoms with Crippen molar-refractivity contribution in [1.29, 1.82) is 5.26 Å². The van der Waals surface area contributed by atoms with Crippen molar-refractivity contribution in [2.75, 3.05) is 0 Å². The van der Waals surface area contributed by atoms with Crippen LogP contribution in [0.4, 0.5) is 0 Å². The van der Waals surface area contributed by atoms with Gasteiger partial charge in [0.15, 0.2) is 0 Å². The highest BCUT2D eigenvalue weighted by atomic mass is 14.2. The molecule has 0 bridgehead atoms. The van der Waals surface area contributed by atoms with Gasteiger partial charge in [-0.1, -0.05) is 45.4 Å². The van der Waals surface area contributed by atoms with Crippen LogP contribution in [0, 0.1) is 11.3 Å². The molecule has 1 nitrogen and oxygen atoms in total. The predicted octanol–water partition coefficient (Wildman–Crippen LogP) is 3.54. The number of rotatable bonds is 2. The molecule has 0 aliphatic heterocycles. The van der Waals surface area contributed by atoms with Crippen LogP contribution in [0.25, 0.3) is 0 Å². The van der Waals surface area contributed by atoms with E-state index in [-0.39, 0.29) is 0 Å². The third kappa shape index (κ3) is 3.75. The third-order valence-corrected chi connectivity index (χ3v) is 1.66. The van der Waals surface area contributed by atoms with Crippen LogP contribution in [0.3, 0.4) is 0 Å². The first-order valence-corrected chi connectivity index (χ1v) is 4.86. The Morgan fingerprint density at radius 3 is 2.38 bits per heavy atom. The van der Waals surface area contributed by atoms with Gasteiger partial charge in [0.1, 0.15) is 0 Å². The van der Waals surface area contributed by atoms with Crippen LogP contribution < -0.4 is 0 Å². The summed E-state index contributed by atoms with van der Waals surface area (Å²) < 4.78 is 0. The van der Waals surface area contributed by atoms with E-state index in [1.807, 2.05) is 38.1 Å². The molecule has 1 aromatic carbocycles. The van der Waals surface area contributed by atoms with E-state index in [0.717, 1.165) is 24.0 Å². The van der Waals surface area contributed by atoms with E-state index in [1.54, 1.807) is 0 Å². The Morgan fingerprint density at radius 2 is 1.85 bits per heavy atom. The molecule has 0 aliphatic rings. The second-order valence-corrected chi connectivity index (χ2v) is 2.52. The molecule has 0 atom stereocenters. The Hall–Kier alpha value is -1.29. The zero-order valence-corrected chi connectivity index (χ0v) is 8.67. The maximum absolute atomic E-state index is 8.70. The number of nitriles is 1. The average Bonchev–Trinajstić information content (AvgIpc) is 2.22. The molecule has 0 N–H and O–H groups in total. The van der Waals surface area contributed by atoms with Crippen LogP contribution in [-0.2, 0) is 6.42 Å². The van der Waals surface area contributed by atoms with Crippen molar-refractivity contribution >= 4 is 0 Å². The van der Waals surface area contributed by atoms with Crippen LogP contribution in [-0.4, -0.2) is 0 Å². The summed E-state index contributed by atoms with van der Waals surface area (Å²) in [6, 6.07) is 9.94. The van der Waals surface area contributed by atoms with Gasteiger partial charge in [-0.25, -0.2) is 0 Å². The predicted molar refractivity (Wildman–Crippen MR) is 56.5 cm³/mol. The molecule has 70 valence electrons. The number of nitrogens with zero attached hydrogens (tertiary/aromatic N) is 1. The SMILES string of the molecule is CC.CCCc1ccccc1C#N. The van der Waals surface area contributed by atoms with Crippen molar-refractivity contribution in [3.05, 3.63) is 35.4 Å². The molecule has 13 heavy (non-hydrogen) atoms. The summed E-state index contributed by atoms with van der Waals surface area (Å²) in [5.41, 5.74) is 1.98. The maximum Gasteiger partial charge on any atom is 0.0994 e. The molecule has 0 aliphatic carbocycles. The van der Waals surface area contributed by atoms with Gasteiger partial charge in [0.05, 0.1) is 11.6 Å². The lowest BCUT2D eigenvalue weighted by Crippen LogP contribution is -1.87. The second-order valence-electron chi connectivity index (χ2n) is 2.52. The van der Waals surface area contributed by atoms with E-state index >= 15 is 0 Å². The zero-order chi connectivity index (χ0) is 10.1. The first-order valence-electron chi connectivity index (χ1n) is 4.86. The number of aryl methyl sites for hydroxylation is 1. The highest BCUT2D eigenvalue weighted by molar-refractivity contribution is 5.37. The van der Waals surface area contributed by atoms with Gasteiger partial charge in [-0.15, -0.1) is 0 Å². The highest BCUT2D eigenvalue weighted by Crippen LogP contribution is 2.08. The van der Waals surface area contributed by atoms with Crippen molar-refractivity contribution in [3.8, 4) is 6.07 Å². The number of hydrogen-bond donors (Lipinski definition) is 0. The molecule has 0 unspecified atom stereocenters. The van der Waals surface area contributed by atoms with Crippen LogP contribution in [0.5, 0.6) is 0 Å². The van der Waals surface area contributed by atoms with Gasteiger partial charge < -0.3 is 0 Å². The minimum absolute atomic E-state index is 0.814. The molecule has 1 heteroatoms. The minimum Gasteiger partial charge on any atom is -0.192 e. The Morgan fingerprint density at radius 1 is 1.23 bits per heavy atom. The van der Waals surface area contributed by atoms with Gasteiger partial charge in [0, 0.05) is 0 Å². The maximum atomic E-state index is 8.70. The van der Waals surface area contributed by atoms with Gasteiger partial charge in [-0.05, 0) is 18.1 Å². The van der Waals surface area contributed by atoms with Gasteiger partial charge in [-0.2, -0.15) is 5.26 Å². The first kappa shape index (κ1) is 11.7. The molecule has 0 aromatic heterocycles. The average molecular weight is 175 g/mol. The lowest BCUT2D eigenvalue weighted by Gasteiger charge is -1.98. The Labute approximate surface area is 81.0 Å². The van der Waals surface area contributed by atoms with Crippen LogP contribution in [0.1, 0.15) is 38.3 Å². The van der Waals surface area contributed by atoms with Crippen molar-refractivity contribution in [3.63, 3.8) is 0 Å². The Bertz CT molecular complexity index is 271. The van der Waals surface area contributed by atoms with Crippen molar-refractivity contribution < 1.29 is 0 Å². The molecular formula is C12H17N. The summed E-state index contributed by atoms with van der Waals surface area (Å²) in [7, 11) is 0. The fourth-order valence-corrected chi connectivity index (χ4v) is 1.12. The first-order chi connectivity index (χ1) is 6.38. The summed E-state index contributed by atoms with van der Waals surface area (Å²) in [6.45, 7) is 6.12. The monoisotopic (exact) mass is 175 g/mol. The summed E-state index contributed by atoms with van der Waals surface area (Å²) in [5, 5.41) is 8.70. The summed E-state index contributed by atoms with van der Waals surface area (Å²) in [6.07, 6.45) is 2.10. The van der Waals surface area contributed by atoms with E-state index in [2.05, 4.69) is 13.0 Å². The summed E-state index contributed by atoms with van der Waals surface area (Å²) in [4.78, 5) is 0. The summed E-state index contributed by atoms with van der Waals surface area (Å²) >= 11 is 0. The van der Waals surface area contributed by atoms with Crippen LogP contribution in [0.15, 0.2) is 24.3 Å². The zero-order valence-electron chi connectivity index (χ0n) is 8.67. The van der Waals surface area contributed by atoms with Gasteiger partial charge in [0.2, 0.25) is 0 Å². The molecule has 0 heterocycles. The van der Waals surface area contributed by atoms with E-state index in [9.17, 15) is 0 Å². The lowest BCUT2D eigenvalue weighted by molar-refractivity contribution is 0.918. The van der Waals surface area contributed by atoms with Gasteiger partial charge in [0.25, 0.3) is 0 Å². The molecule has 0 radical (unpaired) electrons. The second kappa shape index (κ2) is 7.36. The molecular weight excluding hydrogens is 158 g/mol. The molecule has 1 rings (SSSR count). The molecule has 1 aromatic rings. The standard InChI is InChI=1S/C10H11N.C2H6/c1-2-5-9-6-3-4-7-10(9)8-11;1-2/h3-4,6-7H,2,5H2,1H3;1-2H3. The normalized spacial score (nSPS) is 8.15. The lowest BCUT2D eigenvalue weighted by atomic mass is 10.0. The van der Waals surface area contributed by atoms with E-state index in [0.29, 0.717) is 0 Å². The topological polar surface area (TPSA) is 23.8 Å². The minimum atomic E-state index is 0.814. The molecule has 0 spiro atoms. The highest BCUT2D eigenvalue weighted by Gasteiger charge is 1.96. The van der Waals surface area contributed by atoms with Crippen molar-refractivity contribution in [2.45, 2.75) is 33.6 Å². The quantitative estimate of drug-likeness (QED) is 0.674. The molecule has 0 amide bonds. The van der Waals surface area contributed by atoms with Gasteiger partial charge in [-0.3, -0.25) is 0 Å². The number of hydrogen-bond acceptors (Lipinski definition) is 1. The fraction of sp³-hybridized carbons (Fsp3) is 0.417. The van der Waals surface area contributed by atoms with E-state index in [1.165, 1.54) is 0 Å². The summed E-state index contributed by atoms with van der Waals surface area (Å²) in [5.74, 6) is 0. The number of benzene rings is 1. The smallest absolute Gasteiger partial charge is 0.0994 e. The Kier molecular flexibility index (Phi) is 6.63. The van der Waals surface area contributed by atoms with Crippen LogP contribution in [0.2, 0.25) is 0 Å². The van der Waals surface area contributed by atoms with Gasteiger partial charge >= 0.3 is 0 Å². The largest absolute Gasteiger partial charge is 0.192 e. The Balaban J connectivity index is 0.000000671.